The Balaban J connectivity index is 1.67. The van der Waals surface area contributed by atoms with Gasteiger partial charge in [-0.05, 0) is 31.0 Å². The van der Waals surface area contributed by atoms with Gasteiger partial charge < -0.3 is 14.4 Å². The molecule has 0 unspecified atom stereocenters. The molecule has 0 N–H and O–H groups in total. The first kappa shape index (κ1) is 20.5. The number of benzene rings is 1. The number of nitro groups is 1. The molecule has 1 fully saturated rings. The second kappa shape index (κ2) is 8.02. The Morgan fingerprint density at radius 2 is 2.07 bits per heavy atom. The van der Waals surface area contributed by atoms with Crippen molar-refractivity contribution in [1.82, 2.24) is 9.88 Å². The van der Waals surface area contributed by atoms with Crippen molar-refractivity contribution in [1.29, 1.82) is 0 Å². The van der Waals surface area contributed by atoms with Crippen molar-refractivity contribution >= 4 is 28.5 Å². The zero-order valence-corrected chi connectivity index (χ0v) is 16.6. The summed E-state index contributed by atoms with van der Waals surface area (Å²) in [6.07, 6.45) is 2.78. The number of rotatable bonds is 5. The van der Waals surface area contributed by atoms with Crippen molar-refractivity contribution in [3.8, 4) is 5.75 Å². The Hall–Kier alpha value is -3.23. The molecular formula is C20H23N3O6. The summed E-state index contributed by atoms with van der Waals surface area (Å²) in [4.78, 5) is 41.4. The molecule has 0 saturated carbocycles. The molecule has 0 spiro atoms. The standard InChI is InChI=1S/C20H23N3O6/c1-20(2,3)19(25)22-11-5-7-15(22)18(24)29-12-28-16-9-8-14(23(26)27)13-6-4-10-21-17(13)16/h4,6,8-10,15H,5,7,11-12H2,1-3H3/t15-/m1/s1. The molecule has 9 nitrogen and oxygen atoms in total. The third-order valence-corrected chi connectivity index (χ3v) is 4.75. The van der Waals surface area contributed by atoms with Gasteiger partial charge in [-0.3, -0.25) is 19.9 Å². The Morgan fingerprint density at radius 1 is 1.31 bits per heavy atom. The number of nitrogens with zero attached hydrogens (tertiary/aromatic N) is 3. The van der Waals surface area contributed by atoms with Crippen LogP contribution >= 0.6 is 0 Å². The van der Waals surface area contributed by atoms with Gasteiger partial charge in [-0.15, -0.1) is 0 Å². The number of hydrogen-bond donors (Lipinski definition) is 0. The largest absolute Gasteiger partial charge is 0.455 e. The number of hydrogen-bond acceptors (Lipinski definition) is 7. The van der Waals surface area contributed by atoms with Crippen LogP contribution in [0.5, 0.6) is 5.75 Å². The van der Waals surface area contributed by atoms with E-state index < -0.39 is 22.3 Å². The number of non-ortho nitro benzene ring substituents is 1. The van der Waals surface area contributed by atoms with Gasteiger partial charge in [0.05, 0.1) is 10.3 Å². The fourth-order valence-corrected chi connectivity index (χ4v) is 3.34. The van der Waals surface area contributed by atoms with Gasteiger partial charge in [-0.25, -0.2) is 4.79 Å². The third-order valence-electron chi connectivity index (χ3n) is 4.75. The maximum atomic E-state index is 12.5. The quantitative estimate of drug-likeness (QED) is 0.327. The third kappa shape index (κ3) is 4.28. The average molecular weight is 401 g/mol. The molecule has 0 bridgehead atoms. The van der Waals surface area contributed by atoms with Crippen LogP contribution in [0.3, 0.4) is 0 Å². The van der Waals surface area contributed by atoms with E-state index in [2.05, 4.69) is 4.98 Å². The number of esters is 1. The molecular weight excluding hydrogens is 378 g/mol. The minimum atomic E-state index is -0.628. The van der Waals surface area contributed by atoms with E-state index in [1.807, 2.05) is 20.8 Å². The van der Waals surface area contributed by atoms with Gasteiger partial charge in [0.2, 0.25) is 12.7 Å². The summed E-state index contributed by atoms with van der Waals surface area (Å²) < 4.78 is 10.7. The minimum absolute atomic E-state index is 0.0836. The maximum Gasteiger partial charge on any atom is 0.331 e. The highest BCUT2D eigenvalue weighted by Gasteiger charge is 2.39. The maximum absolute atomic E-state index is 12.5. The fourth-order valence-electron chi connectivity index (χ4n) is 3.34. The van der Waals surface area contributed by atoms with Gasteiger partial charge in [0.15, 0.2) is 0 Å². The van der Waals surface area contributed by atoms with Crippen molar-refractivity contribution in [3.63, 3.8) is 0 Å². The lowest BCUT2D eigenvalue weighted by Gasteiger charge is -2.29. The Morgan fingerprint density at radius 3 is 2.76 bits per heavy atom. The van der Waals surface area contributed by atoms with Gasteiger partial charge in [-0.1, -0.05) is 20.8 Å². The van der Waals surface area contributed by atoms with E-state index in [4.69, 9.17) is 9.47 Å². The Bertz CT molecular complexity index is 953. The SMILES string of the molecule is CC(C)(C)C(=O)N1CCC[C@@H]1C(=O)OCOc1ccc([N+](=O)[O-])c2cccnc12. The molecule has 0 radical (unpaired) electrons. The lowest BCUT2D eigenvalue weighted by molar-refractivity contribution is -0.383. The minimum Gasteiger partial charge on any atom is -0.455 e. The molecule has 1 aliphatic rings. The van der Waals surface area contributed by atoms with E-state index in [1.54, 1.807) is 17.0 Å². The topological polar surface area (TPSA) is 112 Å². The van der Waals surface area contributed by atoms with Crippen LogP contribution in [0.2, 0.25) is 0 Å². The van der Waals surface area contributed by atoms with E-state index in [9.17, 15) is 19.7 Å². The summed E-state index contributed by atoms with van der Waals surface area (Å²) >= 11 is 0. The van der Waals surface area contributed by atoms with Crippen LogP contribution in [0, 0.1) is 15.5 Å². The molecule has 3 rings (SSSR count). The van der Waals surface area contributed by atoms with Crippen LogP contribution in [0.4, 0.5) is 5.69 Å². The zero-order chi connectivity index (χ0) is 21.2. The summed E-state index contributed by atoms with van der Waals surface area (Å²) in [5, 5.41) is 11.5. The van der Waals surface area contributed by atoms with E-state index in [1.165, 1.54) is 18.3 Å². The first-order valence-electron chi connectivity index (χ1n) is 9.33. The van der Waals surface area contributed by atoms with E-state index >= 15 is 0 Å². The lowest BCUT2D eigenvalue weighted by atomic mass is 9.94. The zero-order valence-electron chi connectivity index (χ0n) is 16.6. The van der Waals surface area contributed by atoms with Gasteiger partial charge in [0.25, 0.3) is 5.69 Å². The van der Waals surface area contributed by atoms with Crippen LogP contribution in [0.15, 0.2) is 30.5 Å². The molecule has 2 heterocycles. The molecule has 9 heteroatoms. The van der Waals surface area contributed by atoms with Crippen molar-refractivity contribution in [2.45, 2.75) is 39.7 Å². The number of carbonyl (C=O) groups is 2. The number of pyridine rings is 1. The Labute approximate surface area is 167 Å². The van der Waals surface area contributed by atoms with Crippen LogP contribution < -0.4 is 4.74 Å². The van der Waals surface area contributed by atoms with Gasteiger partial charge in [0, 0.05) is 24.2 Å². The van der Waals surface area contributed by atoms with Crippen molar-refractivity contribution in [2.75, 3.05) is 13.3 Å². The molecule has 1 aliphatic heterocycles. The number of amides is 1. The molecule has 29 heavy (non-hydrogen) atoms. The van der Waals surface area contributed by atoms with Gasteiger partial charge >= 0.3 is 5.97 Å². The molecule has 1 atom stereocenters. The van der Waals surface area contributed by atoms with Crippen LogP contribution in [0.25, 0.3) is 10.9 Å². The number of aromatic nitrogens is 1. The van der Waals surface area contributed by atoms with Crippen LogP contribution in [0.1, 0.15) is 33.6 Å². The summed E-state index contributed by atoms with van der Waals surface area (Å²) in [6, 6.07) is 5.29. The molecule has 1 aromatic heterocycles. The van der Waals surface area contributed by atoms with Gasteiger partial charge in [-0.2, -0.15) is 0 Å². The molecule has 1 aromatic carbocycles. The smallest absolute Gasteiger partial charge is 0.331 e. The highest BCUT2D eigenvalue weighted by atomic mass is 16.7. The number of ether oxygens (including phenoxy) is 2. The van der Waals surface area contributed by atoms with Crippen LogP contribution in [-0.4, -0.2) is 46.1 Å². The van der Waals surface area contributed by atoms with E-state index in [0.29, 0.717) is 23.9 Å². The predicted octanol–water partition coefficient (Wildman–Crippen LogP) is 3.06. The first-order valence-corrected chi connectivity index (χ1v) is 9.33. The summed E-state index contributed by atoms with van der Waals surface area (Å²) in [7, 11) is 0. The lowest BCUT2D eigenvalue weighted by Crippen LogP contribution is -2.46. The highest BCUT2D eigenvalue weighted by molar-refractivity contribution is 5.92. The second-order valence-corrected chi connectivity index (χ2v) is 7.87. The summed E-state index contributed by atoms with van der Waals surface area (Å²) in [5.41, 5.74) is -0.356. The Kier molecular flexibility index (Phi) is 5.67. The summed E-state index contributed by atoms with van der Waals surface area (Å²) in [5.74, 6) is -0.351. The molecule has 154 valence electrons. The number of fused-ring (bicyclic) bond motifs is 1. The number of likely N-dealkylation sites (tertiary alicyclic amines) is 1. The number of nitro benzene ring substituents is 1. The highest BCUT2D eigenvalue weighted by Crippen LogP contribution is 2.31. The number of carbonyl (C=O) groups excluding carboxylic acids is 2. The van der Waals surface area contributed by atoms with Gasteiger partial charge in [0.1, 0.15) is 17.3 Å². The molecule has 1 amide bonds. The van der Waals surface area contributed by atoms with Crippen molar-refractivity contribution in [3.05, 3.63) is 40.6 Å². The average Bonchev–Trinajstić information content (AvgIpc) is 3.16. The monoisotopic (exact) mass is 401 g/mol. The van der Waals surface area contributed by atoms with Crippen LogP contribution in [-0.2, 0) is 14.3 Å². The van der Waals surface area contributed by atoms with E-state index in [0.717, 1.165) is 6.42 Å². The summed E-state index contributed by atoms with van der Waals surface area (Å²) in [6.45, 7) is 5.58. The van der Waals surface area contributed by atoms with E-state index in [-0.39, 0.29) is 24.1 Å². The molecule has 1 saturated heterocycles. The normalized spacial score (nSPS) is 16.7. The molecule has 0 aliphatic carbocycles. The first-order chi connectivity index (χ1) is 13.7. The van der Waals surface area contributed by atoms with Crippen molar-refractivity contribution in [2.24, 2.45) is 5.41 Å². The predicted molar refractivity (Wildman–Crippen MR) is 104 cm³/mol. The molecule has 2 aromatic rings. The fraction of sp³-hybridized carbons (Fsp3) is 0.450. The second-order valence-electron chi connectivity index (χ2n) is 7.87. The van der Waals surface area contributed by atoms with Crippen molar-refractivity contribution < 1.29 is 24.0 Å².